The number of sulfone groups is 2. The molecule has 0 heterocycles. The van der Waals surface area contributed by atoms with Crippen molar-refractivity contribution < 1.29 is 43.2 Å². The van der Waals surface area contributed by atoms with E-state index in [-0.39, 0.29) is 25.7 Å². The van der Waals surface area contributed by atoms with Gasteiger partial charge in [-0.15, -0.1) is 0 Å². The fourth-order valence-electron chi connectivity index (χ4n) is 2.70. The van der Waals surface area contributed by atoms with Crippen molar-refractivity contribution in [3.05, 3.63) is 0 Å². The van der Waals surface area contributed by atoms with Crippen molar-refractivity contribution >= 4 is 19.7 Å². The third-order valence-corrected chi connectivity index (χ3v) is 8.60. The molecule has 1 saturated carbocycles. The molecule has 0 amide bonds. The van der Waals surface area contributed by atoms with Crippen molar-refractivity contribution in [1.82, 2.24) is 0 Å². The summed E-state index contributed by atoms with van der Waals surface area (Å²) in [5, 5.41) is 0. The van der Waals surface area contributed by atoms with E-state index in [0.717, 1.165) is 6.42 Å². The van der Waals surface area contributed by atoms with Gasteiger partial charge in [-0.1, -0.05) is 32.1 Å². The summed E-state index contributed by atoms with van der Waals surface area (Å²) in [4.78, 5) is 0. The van der Waals surface area contributed by atoms with E-state index in [1.807, 2.05) is 0 Å². The lowest BCUT2D eigenvalue weighted by Gasteiger charge is -2.29. The minimum absolute atomic E-state index is 0.182. The molecular weight excluding hydrogens is 374 g/mol. The highest BCUT2D eigenvalue weighted by Gasteiger charge is 2.64. The smallest absolute Gasteiger partial charge is 0.218 e. The van der Waals surface area contributed by atoms with Gasteiger partial charge in [0.15, 0.2) is 4.58 Å². The minimum Gasteiger partial charge on any atom is -0.218 e. The first kappa shape index (κ1) is 20.5. The Morgan fingerprint density at radius 1 is 0.652 bits per heavy atom. The molecule has 0 N–H and O–H groups in total. The molecule has 12 heteroatoms. The molecule has 4 nitrogen and oxygen atoms in total. The Morgan fingerprint density at radius 2 is 0.957 bits per heavy atom. The summed E-state index contributed by atoms with van der Waals surface area (Å²) in [5.41, 5.74) is -12.1. The normalized spacial score (nSPS) is 20.3. The minimum atomic E-state index is -6.52. The van der Waals surface area contributed by atoms with Crippen molar-refractivity contribution in [2.75, 3.05) is 0 Å². The number of halogens is 6. The summed E-state index contributed by atoms with van der Waals surface area (Å²) in [7, 11) is -13.0. The second-order valence-corrected chi connectivity index (χ2v) is 9.88. The Bertz CT molecular complexity index is 553. The van der Waals surface area contributed by atoms with Crippen LogP contribution in [0.4, 0.5) is 26.3 Å². The fraction of sp³-hybridized carbons (Fsp3) is 1.00. The van der Waals surface area contributed by atoms with Gasteiger partial charge in [-0.3, -0.25) is 0 Å². The maximum Gasteiger partial charge on any atom is 0.498 e. The van der Waals surface area contributed by atoms with Crippen molar-refractivity contribution in [1.29, 1.82) is 0 Å². The predicted molar refractivity (Wildman–Crippen MR) is 69.5 cm³/mol. The van der Waals surface area contributed by atoms with E-state index in [1.54, 1.807) is 0 Å². The zero-order valence-electron chi connectivity index (χ0n) is 11.8. The first-order chi connectivity index (χ1) is 10.2. The summed E-state index contributed by atoms with van der Waals surface area (Å²) in [6, 6.07) is 0. The third-order valence-electron chi connectivity index (χ3n) is 3.79. The van der Waals surface area contributed by atoms with Gasteiger partial charge in [-0.2, -0.15) is 26.3 Å². The molecule has 0 aromatic heterocycles. The highest BCUT2D eigenvalue weighted by atomic mass is 32.3. The Kier molecular flexibility index (Phi) is 6.04. The van der Waals surface area contributed by atoms with E-state index >= 15 is 0 Å². The van der Waals surface area contributed by atoms with Crippen molar-refractivity contribution in [3.8, 4) is 0 Å². The quantitative estimate of drug-likeness (QED) is 0.692. The standard InChI is InChI=1S/C11H16F6O4S2/c12-10(13,14)22(18,19)9(23(20,21)11(15,16)17)8-6-4-2-1-3-5-7-8/h8-9H,1-7H2. The molecule has 0 radical (unpaired) electrons. The second-order valence-electron chi connectivity index (χ2n) is 5.46. The highest BCUT2D eigenvalue weighted by Crippen LogP contribution is 2.42. The van der Waals surface area contributed by atoms with Gasteiger partial charge in [0.25, 0.3) is 19.7 Å². The van der Waals surface area contributed by atoms with Crippen LogP contribution in [0.1, 0.15) is 44.9 Å². The van der Waals surface area contributed by atoms with E-state index in [2.05, 4.69) is 0 Å². The van der Waals surface area contributed by atoms with Gasteiger partial charge < -0.3 is 0 Å². The molecule has 0 spiro atoms. The Labute approximate surface area is 130 Å². The van der Waals surface area contributed by atoms with Gasteiger partial charge in [-0.25, -0.2) is 16.8 Å². The monoisotopic (exact) mass is 390 g/mol. The van der Waals surface area contributed by atoms with Crippen LogP contribution in [0.25, 0.3) is 0 Å². The first-order valence-electron chi connectivity index (χ1n) is 6.83. The second kappa shape index (κ2) is 6.77. The Balaban J connectivity index is 3.44. The van der Waals surface area contributed by atoms with E-state index in [0.29, 0.717) is 12.8 Å². The Morgan fingerprint density at radius 3 is 1.26 bits per heavy atom. The molecule has 0 bridgehead atoms. The van der Waals surface area contributed by atoms with E-state index in [1.165, 1.54) is 0 Å². The van der Waals surface area contributed by atoms with Crippen LogP contribution < -0.4 is 0 Å². The van der Waals surface area contributed by atoms with Crippen LogP contribution in [0.15, 0.2) is 0 Å². The van der Waals surface area contributed by atoms with Gasteiger partial charge >= 0.3 is 11.0 Å². The van der Waals surface area contributed by atoms with Crippen molar-refractivity contribution in [2.24, 2.45) is 5.92 Å². The average molecular weight is 390 g/mol. The zero-order chi connectivity index (χ0) is 18.1. The molecule has 1 rings (SSSR count). The van der Waals surface area contributed by atoms with Crippen LogP contribution in [0.5, 0.6) is 0 Å². The molecule has 0 aromatic carbocycles. The number of hydrogen-bond donors (Lipinski definition) is 0. The molecule has 0 atom stereocenters. The SMILES string of the molecule is O=S(=O)(C(C1CCCCCCC1)S(=O)(=O)C(F)(F)F)C(F)(F)F. The molecular formula is C11H16F6O4S2. The van der Waals surface area contributed by atoms with Crippen LogP contribution in [-0.2, 0) is 19.7 Å². The summed E-state index contributed by atoms with van der Waals surface area (Å²) in [6.45, 7) is 0. The lowest BCUT2D eigenvalue weighted by Crippen LogP contribution is -2.49. The van der Waals surface area contributed by atoms with E-state index in [4.69, 9.17) is 0 Å². The lowest BCUT2D eigenvalue weighted by molar-refractivity contribution is -0.0481. The van der Waals surface area contributed by atoms with Crippen LogP contribution in [0.2, 0.25) is 0 Å². The lowest BCUT2D eigenvalue weighted by atomic mass is 9.92. The maximum absolute atomic E-state index is 12.7. The van der Waals surface area contributed by atoms with Crippen LogP contribution in [0, 0.1) is 5.92 Å². The van der Waals surface area contributed by atoms with Gasteiger partial charge in [-0.05, 0) is 18.8 Å². The highest BCUT2D eigenvalue weighted by molar-refractivity contribution is 8.09. The molecule has 138 valence electrons. The number of hydrogen-bond acceptors (Lipinski definition) is 4. The average Bonchev–Trinajstić information content (AvgIpc) is 2.28. The molecule has 0 aromatic rings. The molecule has 0 unspecified atom stereocenters. The maximum atomic E-state index is 12.7. The van der Waals surface area contributed by atoms with Gasteiger partial charge in [0.05, 0.1) is 0 Å². The fourth-order valence-corrected chi connectivity index (χ4v) is 6.77. The number of alkyl halides is 6. The van der Waals surface area contributed by atoms with Crippen LogP contribution >= 0.6 is 0 Å². The predicted octanol–water partition coefficient (Wildman–Crippen LogP) is 3.54. The molecule has 1 aliphatic rings. The van der Waals surface area contributed by atoms with Crippen molar-refractivity contribution in [2.45, 2.75) is 60.5 Å². The van der Waals surface area contributed by atoms with Gasteiger partial charge in [0, 0.05) is 0 Å². The molecule has 0 aliphatic heterocycles. The molecule has 1 aliphatic carbocycles. The summed E-state index contributed by atoms with van der Waals surface area (Å²) < 4.78 is 119. The molecule has 23 heavy (non-hydrogen) atoms. The summed E-state index contributed by atoms with van der Waals surface area (Å²) >= 11 is 0. The van der Waals surface area contributed by atoms with Gasteiger partial charge in [0.1, 0.15) is 0 Å². The topological polar surface area (TPSA) is 68.3 Å². The molecule has 1 fully saturated rings. The van der Waals surface area contributed by atoms with Gasteiger partial charge in [0.2, 0.25) is 0 Å². The van der Waals surface area contributed by atoms with Crippen LogP contribution in [-0.4, -0.2) is 32.4 Å². The van der Waals surface area contributed by atoms with E-state index < -0.39 is 41.2 Å². The third kappa shape index (κ3) is 4.31. The van der Waals surface area contributed by atoms with E-state index in [9.17, 15) is 43.2 Å². The summed E-state index contributed by atoms with van der Waals surface area (Å²) in [6.07, 6.45) is 1.46. The largest absolute Gasteiger partial charge is 0.498 e. The Hall–Kier alpha value is -0.520. The van der Waals surface area contributed by atoms with Crippen LogP contribution in [0.3, 0.4) is 0 Å². The van der Waals surface area contributed by atoms with Crippen molar-refractivity contribution in [3.63, 3.8) is 0 Å². The molecule has 0 saturated heterocycles. The zero-order valence-corrected chi connectivity index (χ0v) is 13.5. The summed E-state index contributed by atoms with van der Waals surface area (Å²) in [5.74, 6) is -1.73. The first-order valence-corrected chi connectivity index (χ1v) is 9.92. The number of rotatable bonds is 3.